The maximum Gasteiger partial charge on any atom is 0.200 e. The van der Waals surface area contributed by atoms with Crippen LogP contribution < -0.4 is 5.32 Å². The van der Waals surface area contributed by atoms with Crippen LogP contribution in [-0.2, 0) is 13.0 Å². The number of anilines is 1. The molecular weight excluding hydrogens is 467 g/mol. The first-order chi connectivity index (χ1) is 16.6. The molecule has 6 nitrogen and oxygen atoms in total. The van der Waals surface area contributed by atoms with Crippen LogP contribution in [0.3, 0.4) is 0 Å². The zero-order valence-corrected chi connectivity index (χ0v) is 20.9. The molecule has 2 heterocycles. The van der Waals surface area contributed by atoms with Crippen LogP contribution in [-0.4, -0.2) is 31.5 Å². The van der Waals surface area contributed by atoms with Gasteiger partial charge in [-0.2, -0.15) is 0 Å². The molecule has 2 aromatic carbocycles. The highest BCUT2D eigenvalue weighted by Gasteiger charge is 2.07. The highest BCUT2D eigenvalue weighted by Crippen LogP contribution is 2.28. The largest absolute Gasteiger partial charge is 0.354 e. The molecule has 4 aromatic rings. The smallest absolute Gasteiger partial charge is 0.200 e. The molecule has 0 aliphatic carbocycles. The highest BCUT2D eigenvalue weighted by molar-refractivity contribution is 6.42. The van der Waals surface area contributed by atoms with Gasteiger partial charge >= 0.3 is 0 Å². The average molecular weight is 497 g/mol. The number of hydrogen-bond donors (Lipinski definition) is 2. The number of hydrogen-bond acceptors (Lipinski definition) is 4. The second-order valence-corrected chi connectivity index (χ2v) is 9.24. The van der Waals surface area contributed by atoms with Gasteiger partial charge in [0.05, 0.1) is 34.7 Å². The van der Waals surface area contributed by atoms with E-state index in [4.69, 9.17) is 23.2 Å². The van der Waals surface area contributed by atoms with E-state index in [-0.39, 0.29) is 0 Å². The molecule has 0 amide bonds. The van der Waals surface area contributed by atoms with Gasteiger partial charge in [0.15, 0.2) is 0 Å². The summed E-state index contributed by atoms with van der Waals surface area (Å²) in [6.07, 6.45) is 11.4. The summed E-state index contributed by atoms with van der Waals surface area (Å²) >= 11 is 12.1. The minimum atomic E-state index is 0.516. The van der Waals surface area contributed by atoms with Crippen molar-refractivity contribution < 1.29 is 0 Å². The molecule has 8 heteroatoms. The predicted octanol–water partition coefficient (Wildman–Crippen LogP) is 7.27. The zero-order valence-electron chi connectivity index (χ0n) is 19.4. The fourth-order valence-electron chi connectivity index (χ4n) is 3.83. The number of aromatic nitrogens is 5. The SMILES string of the molecule is CCCCCCCc1ccc(-c2cn(CCNc3ncc(-c4ccc(Cl)c(Cl)c4)[nH]3)nn2)cc1. The minimum Gasteiger partial charge on any atom is -0.354 e. The molecule has 0 bridgehead atoms. The Bertz CT molecular complexity index is 1180. The number of rotatable bonds is 12. The first-order valence-electron chi connectivity index (χ1n) is 11.9. The lowest BCUT2D eigenvalue weighted by molar-refractivity contribution is 0.608. The van der Waals surface area contributed by atoms with Gasteiger partial charge in [-0.05, 0) is 30.5 Å². The Hall–Kier alpha value is -2.83. The molecule has 0 saturated heterocycles. The van der Waals surface area contributed by atoms with Crippen LogP contribution in [0.5, 0.6) is 0 Å². The van der Waals surface area contributed by atoms with E-state index in [2.05, 4.69) is 56.8 Å². The van der Waals surface area contributed by atoms with Crippen LogP contribution in [0, 0.1) is 0 Å². The van der Waals surface area contributed by atoms with E-state index in [1.54, 1.807) is 12.3 Å². The van der Waals surface area contributed by atoms with Gasteiger partial charge in [0, 0.05) is 17.7 Å². The number of halogens is 2. The predicted molar refractivity (Wildman–Crippen MR) is 140 cm³/mol. The summed E-state index contributed by atoms with van der Waals surface area (Å²) in [4.78, 5) is 7.64. The van der Waals surface area contributed by atoms with Crippen molar-refractivity contribution in [3.63, 3.8) is 0 Å². The monoisotopic (exact) mass is 496 g/mol. The standard InChI is InChI=1S/C26H30Cl2N6/c1-2-3-4-5-6-7-19-8-10-20(11-9-19)25-18-34(33-32-25)15-14-29-26-30-17-24(31-26)21-12-13-22(27)23(28)16-21/h8-13,16-18H,2-7,14-15H2,1H3,(H2,29,30,31). The van der Waals surface area contributed by atoms with E-state index in [0.717, 1.165) is 28.9 Å². The second-order valence-electron chi connectivity index (χ2n) is 8.43. The lowest BCUT2D eigenvalue weighted by Gasteiger charge is -2.04. The number of unbranched alkanes of at least 4 members (excludes halogenated alkanes) is 4. The normalized spacial score (nSPS) is 11.1. The first-order valence-corrected chi connectivity index (χ1v) is 12.6. The van der Waals surface area contributed by atoms with E-state index in [1.807, 2.05) is 23.0 Å². The molecule has 0 saturated carbocycles. The summed E-state index contributed by atoms with van der Waals surface area (Å²) in [5.41, 5.74) is 5.16. The lowest BCUT2D eigenvalue weighted by Crippen LogP contribution is -2.11. The van der Waals surface area contributed by atoms with E-state index >= 15 is 0 Å². The molecule has 178 valence electrons. The van der Waals surface area contributed by atoms with Crippen molar-refractivity contribution in [2.75, 3.05) is 11.9 Å². The van der Waals surface area contributed by atoms with E-state index in [9.17, 15) is 0 Å². The van der Waals surface area contributed by atoms with Crippen LogP contribution in [0.4, 0.5) is 5.95 Å². The third-order valence-corrected chi connectivity index (χ3v) is 6.54. The number of imidazole rings is 1. The molecule has 0 aliphatic rings. The van der Waals surface area contributed by atoms with E-state index in [0.29, 0.717) is 29.1 Å². The Morgan fingerprint density at radius 2 is 1.74 bits per heavy atom. The minimum absolute atomic E-state index is 0.516. The molecule has 2 aromatic heterocycles. The number of H-pyrrole nitrogens is 1. The number of nitrogens with zero attached hydrogens (tertiary/aromatic N) is 4. The van der Waals surface area contributed by atoms with Crippen molar-refractivity contribution in [3.8, 4) is 22.5 Å². The number of aromatic amines is 1. The molecule has 34 heavy (non-hydrogen) atoms. The van der Waals surface area contributed by atoms with Crippen molar-refractivity contribution in [3.05, 3.63) is 70.5 Å². The third-order valence-electron chi connectivity index (χ3n) is 5.80. The lowest BCUT2D eigenvalue weighted by atomic mass is 10.0. The van der Waals surface area contributed by atoms with Gasteiger partial charge in [-0.15, -0.1) is 5.10 Å². The van der Waals surface area contributed by atoms with Gasteiger partial charge in [0.1, 0.15) is 5.69 Å². The molecular formula is C26H30Cl2N6. The van der Waals surface area contributed by atoms with Crippen LogP contribution in [0.15, 0.2) is 54.9 Å². The summed E-state index contributed by atoms with van der Waals surface area (Å²) in [5.74, 6) is 0.687. The van der Waals surface area contributed by atoms with Crippen LogP contribution in [0.1, 0.15) is 44.6 Å². The summed E-state index contributed by atoms with van der Waals surface area (Å²) in [7, 11) is 0. The van der Waals surface area contributed by atoms with Gasteiger partial charge in [-0.3, -0.25) is 4.68 Å². The van der Waals surface area contributed by atoms with Crippen molar-refractivity contribution in [1.29, 1.82) is 0 Å². The summed E-state index contributed by atoms with van der Waals surface area (Å²) in [6, 6.07) is 14.2. The number of aryl methyl sites for hydroxylation is 1. The fourth-order valence-corrected chi connectivity index (χ4v) is 4.12. The average Bonchev–Trinajstić information content (AvgIpc) is 3.51. The Labute approximate surface area is 210 Å². The number of benzene rings is 2. The first kappa shape index (κ1) is 24.3. The van der Waals surface area contributed by atoms with Crippen molar-refractivity contribution in [2.45, 2.75) is 52.0 Å². The fraction of sp³-hybridized carbons (Fsp3) is 0.346. The van der Waals surface area contributed by atoms with E-state index in [1.165, 1.54) is 37.7 Å². The number of nitrogens with one attached hydrogen (secondary N) is 2. The molecule has 0 radical (unpaired) electrons. The van der Waals surface area contributed by atoms with Crippen molar-refractivity contribution >= 4 is 29.2 Å². The summed E-state index contributed by atoms with van der Waals surface area (Å²) in [6.45, 7) is 3.58. The van der Waals surface area contributed by atoms with Gasteiger partial charge < -0.3 is 10.3 Å². The zero-order chi connectivity index (χ0) is 23.8. The quantitative estimate of drug-likeness (QED) is 0.202. The molecule has 0 atom stereocenters. The molecule has 2 N–H and O–H groups in total. The van der Waals surface area contributed by atoms with Crippen molar-refractivity contribution in [1.82, 2.24) is 25.0 Å². The Morgan fingerprint density at radius 3 is 2.53 bits per heavy atom. The Balaban J connectivity index is 1.25. The molecule has 0 fully saturated rings. The van der Waals surface area contributed by atoms with Crippen LogP contribution >= 0.6 is 23.2 Å². The highest BCUT2D eigenvalue weighted by atomic mass is 35.5. The van der Waals surface area contributed by atoms with Gasteiger partial charge in [0.25, 0.3) is 0 Å². The molecule has 0 aliphatic heterocycles. The topological polar surface area (TPSA) is 71.4 Å². The molecule has 0 spiro atoms. The van der Waals surface area contributed by atoms with Gasteiger partial charge in [-0.25, -0.2) is 4.98 Å². The summed E-state index contributed by atoms with van der Waals surface area (Å²) < 4.78 is 1.84. The van der Waals surface area contributed by atoms with Crippen LogP contribution in [0.25, 0.3) is 22.5 Å². The maximum atomic E-state index is 6.11. The Kier molecular flexibility index (Phi) is 8.61. The van der Waals surface area contributed by atoms with Crippen molar-refractivity contribution in [2.24, 2.45) is 0 Å². The van der Waals surface area contributed by atoms with E-state index < -0.39 is 0 Å². The van der Waals surface area contributed by atoms with Gasteiger partial charge in [0.2, 0.25) is 5.95 Å². The molecule has 4 rings (SSSR count). The summed E-state index contributed by atoms with van der Waals surface area (Å²) in [5, 5.41) is 12.9. The third kappa shape index (κ3) is 6.61. The van der Waals surface area contributed by atoms with Gasteiger partial charge in [-0.1, -0.05) is 91.4 Å². The maximum absolute atomic E-state index is 6.11. The molecule has 0 unspecified atom stereocenters. The second kappa shape index (κ2) is 12.0. The van der Waals surface area contributed by atoms with Crippen LogP contribution in [0.2, 0.25) is 10.0 Å². The Morgan fingerprint density at radius 1 is 0.941 bits per heavy atom.